The van der Waals surface area contributed by atoms with Gasteiger partial charge in [-0.3, -0.25) is 0 Å². The first-order valence-corrected chi connectivity index (χ1v) is 6.70. The first-order valence-electron chi connectivity index (χ1n) is 5.62. The Morgan fingerprint density at radius 1 is 1.29 bits per heavy atom. The number of hydrogen-bond donors (Lipinski definition) is 1. The van der Waals surface area contributed by atoms with E-state index in [0.29, 0.717) is 5.92 Å². The normalized spacial score (nSPS) is 11.1. The van der Waals surface area contributed by atoms with Crippen LogP contribution in [0.4, 0.5) is 5.82 Å². The van der Waals surface area contributed by atoms with E-state index in [2.05, 4.69) is 54.5 Å². The number of aromatic nitrogens is 2. The van der Waals surface area contributed by atoms with Gasteiger partial charge in [-0.15, -0.1) is 0 Å². The lowest BCUT2D eigenvalue weighted by atomic mass is 10.1. The highest BCUT2D eigenvalue weighted by Crippen LogP contribution is 2.28. The summed E-state index contributed by atoms with van der Waals surface area (Å²) in [6.45, 7) is 6.33. The summed E-state index contributed by atoms with van der Waals surface area (Å²) in [5, 5.41) is 4.62. The van der Waals surface area contributed by atoms with E-state index in [1.807, 2.05) is 22.9 Å². The van der Waals surface area contributed by atoms with Gasteiger partial charge in [0, 0.05) is 0 Å². The van der Waals surface area contributed by atoms with Crippen LogP contribution in [0, 0.1) is 10.5 Å². The maximum absolute atomic E-state index is 6.14. The third kappa shape index (κ3) is 2.18. The molecule has 0 spiro atoms. The van der Waals surface area contributed by atoms with E-state index >= 15 is 0 Å². The van der Waals surface area contributed by atoms with Crippen LogP contribution in [0.5, 0.6) is 0 Å². The van der Waals surface area contributed by atoms with Gasteiger partial charge in [-0.2, -0.15) is 5.10 Å². The predicted molar refractivity (Wildman–Crippen MR) is 79.5 cm³/mol. The van der Waals surface area contributed by atoms with Crippen LogP contribution < -0.4 is 5.73 Å². The van der Waals surface area contributed by atoms with Crippen LogP contribution in [0.3, 0.4) is 0 Å². The van der Waals surface area contributed by atoms with Crippen LogP contribution in [0.1, 0.15) is 31.0 Å². The number of hydrogen-bond acceptors (Lipinski definition) is 2. The zero-order chi connectivity index (χ0) is 12.6. The van der Waals surface area contributed by atoms with Gasteiger partial charge >= 0.3 is 0 Å². The number of aryl methyl sites for hydroxylation is 1. The maximum Gasteiger partial charge on any atom is 0.141 e. The highest BCUT2D eigenvalue weighted by atomic mass is 127. The van der Waals surface area contributed by atoms with Crippen molar-refractivity contribution in [2.45, 2.75) is 26.7 Å². The van der Waals surface area contributed by atoms with Gasteiger partial charge in [0.15, 0.2) is 0 Å². The Hall–Kier alpha value is -1.04. The van der Waals surface area contributed by atoms with Crippen LogP contribution in [0.15, 0.2) is 24.3 Å². The lowest BCUT2D eigenvalue weighted by Crippen LogP contribution is -2.04. The lowest BCUT2D eigenvalue weighted by Gasteiger charge is -2.07. The van der Waals surface area contributed by atoms with E-state index in [4.69, 9.17) is 5.73 Å². The molecule has 2 rings (SSSR count). The van der Waals surface area contributed by atoms with Crippen LogP contribution >= 0.6 is 22.6 Å². The summed E-state index contributed by atoms with van der Waals surface area (Å²) < 4.78 is 2.90. The molecular formula is C13H16IN3. The monoisotopic (exact) mass is 341 g/mol. The Bertz CT molecular complexity index is 544. The van der Waals surface area contributed by atoms with Crippen molar-refractivity contribution in [1.82, 2.24) is 9.78 Å². The van der Waals surface area contributed by atoms with Crippen molar-refractivity contribution in [3.8, 4) is 5.69 Å². The fraction of sp³-hybridized carbons (Fsp3) is 0.308. The van der Waals surface area contributed by atoms with E-state index in [1.54, 1.807) is 0 Å². The smallest absolute Gasteiger partial charge is 0.141 e. The van der Waals surface area contributed by atoms with Gasteiger partial charge in [-0.05, 0) is 47.1 Å². The average Bonchev–Trinajstić information content (AvgIpc) is 2.57. The van der Waals surface area contributed by atoms with Gasteiger partial charge in [-0.25, -0.2) is 4.68 Å². The highest BCUT2D eigenvalue weighted by molar-refractivity contribution is 14.1. The topological polar surface area (TPSA) is 43.8 Å². The third-order valence-electron chi connectivity index (χ3n) is 2.78. The fourth-order valence-corrected chi connectivity index (χ4v) is 2.74. The van der Waals surface area contributed by atoms with Crippen LogP contribution in [0.25, 0.3) is 5.69 Å². The second-order valence-electron chi connectivity index (χ2n) is 4.44. The summed E-state index contributed by atoms with van der Waals surface area (Å²) in [6, 6.07) is 8.13. The van der Waals surface area contributed by atoms with Gasteiger partial charge in [-0.1, -0.05) is 32.0 Å². The van der Waals surface area contributed by atoms with Crippen molar-refractivity contribution in [3.63, 3.8) is 0 Å². The molecule has 0 aliphatic heterocycles. The molecule has 1 aromatic heterocycles. The van der Waals surface area contributed by atoms with Crippen molar-refractivity contribution in [3.05, 3.63) is 39.1 Å². The molecule has 0 unspecified atom stereocenters. The van der Waals surface area contributed by atoms with Gasteiger partial charge in [0.05, 0.1) is 15.0 Å². The van der Waals surface area contributed by atoms with E-state index < -0.39 is 0 Å². The number of benzene rings is 1. The van der Waals surface area contributed by atoms with Crippen LogP contribution in [-0.2, 0) is 0 Å². The number of nitrogen functional groups attached to an aromatic ring is 1. The van der Waals surface area contributed by atoms with Crippen LogP contribution in [-0.4, -0.2) is 9.78 Å². The number of halogens is 1. The number of nitrogens with zero attached hydrogens (tertiary/aromatic N) is 2. The summed E-state index contributed by atoms with van der Waals surface area (Å²) in [4.78, 5) is 0. The van der Waals surface area contributed by atoms with Gasteiger partial charge < -0.3 is 5.73 Å². The minimum atomic E-state index is 0.384. The largest absolute Gasteiger partial charge is 0.383 e. The third-order valence-corrected chi connectivity index (χ3v) is 3.88. The Balaban J connectivity index is 2.61. The molecule has 2 N–H and O–H groups in total. The molecule has 0 aliphatic rings. The van der Waals surface area contributed by atoms with Crippen molar-refractivity contribution in [2.24, 2.45) is 0 Å². The number of para-hydroxylation sites is 1. The molecule has 0 saturated carbocycles. The zero-order valence-electron chi connectivity index (χ0n) is 10.2. The van der Waals surface area contributed by atoms with Crippen molar-refractivity contribution < 1.29 is 0 Å². The standard InChI is InChI=1S/C13H16IN3/c1-8(2)12-11(14)13(15)17(16-12)10-7-5-4-6-9(10)3/h4-8H,15H2,1-3H3. The summed E-state index contributed by atoms with van der Waals surface area (Å²) >= 11 is 2.27. The highest BCUT2D eigenvalue weighted by Gasteiger charge is 2.17. The second-order valence-corrected chi connectivity index (χ2v) is 5.52. The Morgan fingerprint density at radius 3 is 2.47 bits per heavy atom. The maximum atomic E-state index is 6.14. The molecular weight excluding hydrogens is 325 g/mol. The lowest BCUT2D eigenvalue weighted by molar-refractivity contribution is 0.767. The second kappa shape index (κ2) is 4.68. The molecule has 1 aromatic carbocycles. The first-order chi connectivity index (χ1) is 8.02. The Labute approximate surface area is 115 Å². The summed E-state index contributed by atoms with van der Waals surface area (Å²) in [5.74, 6) is 1.11. The van der Waals surface area contributed by atoms with E-state index in [9.17, 15) is 0 Å². The minimum Gasteiger partial charge on any atom is -0.383 e. The molecule has 4 heteroatoms. The molecule has 3 nitrogen and oxygen atoms in total. The van der Waals surface area contributed by atoms with E-state index in [-0.39, 0.29) is 0 Å². The average molecular weight is 341 g/mol. The molecule has 2 aromatic rings. The molecule has 0 aliphatic carbocycles. The quantitative estimate of drug-likeness (QED) is 0.850. The van der Waals surface area contributed by atoms with Gasteiger partial charge in [0.2, 0.25) is 0 Å². The van der Waals surface area contributed by atoms with Crippen molar-refractivity contribution in [2.75, 3.05) is 5.73 Å². The van der Waals surface area contributed by atoms with Crippen molar-refractivity contribution in [1.29, 1.82) is 0 Å². The fourth-order valence-electron chi connectivity index (χ4n) is 1.78. The summed E-state index contributed by atoms with van der Waals surface area (Å²) in [6.07, 6.45) is 0. The zero-order valence-corrected chi connectivity index (χ0v) is 12.4. The first kappa shape index (κ1) is 12.4. The molecule has 0 atom stereocenters. The molecule has 0 bridgehead atoms. The van der Waals surface area contributed by atoms with Gasteiger partial charge in [0.25, 0.3) is 0 Å². The molecule has 0 amide bonds. The number of rotatable bonds is 2. The van der Waals surface area contributed by atoms with Gasteiger partial charge in [0.1, 0.15) is 5.82 Å². The summed E-state index contributed by atoms with van der Waals surface area (Å²) in [5.41, 5.74) is 9.42. The van der Waals surface area contributed by atoms with Crippen LogP contribution in [0.2, 0.25) is 0 Å². The molecule has 0 radical (unpaired) electrons. The predicted octanol–water partition coefficient (Wildman–Crippen LogP) is 3.49. The summed E-state index contributed by atoms with van der Waals surface area (Å²) in [7, 11) is 0. The van der Waals surface area contributed by atoms with E-state index in [0.717, 1.165) is 20.8 Å². The molecule has 0 fully saturated rings. The number of nitrogens with two attached hydrogens (primary N) is 1. The molecule has 0 saturated heterocycles. The molecule has 1 heterocycles. The Kier molecular flexibility index (Phi) is 3.42. The number of anilines is 1. The van der Waals surface area contributed by atoms with E-state index in [1.165, 1.54) is 5.56 Å². The molecule has 90 valence electrons. The molecule has 17 heavy (non-hydrogen) atoms. The van der Waals surface area contributed by atoms with Crippen molar-refractivity contribution >= 4 is 28.4 Å². The Morgan fingerprint density at radius 2 is 1.94 bits per heavy atom. The SMILES string of the molecule is Cc1ccccc1-n1nc(C(C)C)c(I)c1N. The minimum absolute atomic E-state index is 0.384.